The Balaban J connectivity index is 1.63. The molecule has 7 nitrogen and oxygen atoms in total. The van der Waals surface area contributed by atoms with Gasteiger partial charge in [0.25, 0.3) is 0 Å². The Morgan fingerprint density at radius 2 is 1.53 bits per heavy atom. The predicted molar refractivity (Wildman–Crippen MR) is 117 cm³/mol. The molecule has 0 saturated carbocycles. The van der Waals surface area contributed by atoms with Crippen molar-refractivity contribution in [3.05, 3.63) is 59.7 Å². The summed E-state index contributed by atoms with van der Waals surface area (Å²) in [6.07, 6.45) is -6.11. The molecule has 0 bridgehead atoms. The van der Waals surface area contributed by atoms with Crippen molar-refractivity contribution in [1.29, 1.82) is 0 Å². The molecule has 1 aliphatic rings. The molecule has 0 saturated heterocycles. The molecule has 0 spiro atoms. The standard InChI is InChI=1S/C24H25F3N2O5/c1-13(2)20(22(31)32)29-21(30)19(24(25,26)27)11-28-23(33)34-12-18-16-9-5-3-7-14(16)15-8-4-6-10-17(15)18/h3-10,13,18-20H,11-12H2,1-2H3,(H,28,33)(H,29,30)(H,31,32)/t19?,20-/m1/s1. The van der Waals surface area contributed by atoms with Gasteiger partial charge in [-0.2, -0.15) is 13.2 Å². The zero-order valence-electron chi connectivity index (χ0n) is 18.6. The zero-order chi connectivity index (χ0) is 25.0. The summed E-state index contributed by atoms with van der Waals surface area (Å²) in [6, 6.07) is 13.7. The van der Waals surface area contributed by atoms with Gasteiger partial charge in [0.2, 0.25) is 5.91 Å². The largest absolute Gasteiger partial charge is 0.480 e. The molecule has 0 radical (unpaired) electrons. The number of fused-ring (bicyclic) bond motifs is 3. The van der Waals surface area contributed by atoms with Gasteiger partial charge >= 0.3 is 18.2 Å². The number of aliphatic carboxylic acids is 1. The molecule has 0 aliphatic heterocycles. The van der Waals surface area contributed by atoms with Crippen LogP contribution >= 0.6 is 0 Å². The van der Waals surface area contributed by atoms with Crippen LogP contribution in [0.25, 0.3) is 11.1 Å². The number of alkyl carbamates (subject to hydrolysis) is 1. The van der Waals surface area contributed by atoms with Gasteiger partial charge in [-0.1, -0.05) is 62.4 Å². The fraction of sp³-hybridized carbons (Fsp3) is 0.375. The van der Waals surface area contributed by atoms with E-state index >= 15 is 0 Å². The lowest BCUT2D eigenvalue weighted by Gasteiger charge is -2.24. The van der Waals surface area contributed by atoms with Crippen LogP contribution in [0.5, 0.6) is 0 Å². The summed E-state index contributed by atoms with van der Waals surface area (Å²) in [5.41, 5.74) is 3.88. The van der Waals surface area contributed by atoms with E-state index in [2.05, 4.69) is 0 Å². The van der Waals surface area contributed by atoms with Crippen LogP contribution in [0.1, 0.15) is 30.9 Å². The molecule has 182 valence electrons. The smallest absolute Gasteiger partial charge is 0.407 e. The van der Waals surface area contributed by atoms with Crippen LogP contribution in [0, 0.1) is 11.8 Å². The van der Waals surface area contributed by atoms with Crippen molar-refractivity contribution in [3.8, 4) is 11.1 Å². The molecule has 1 unspecified atom stereocenters. The van der Waals surface area contributed by atoms with E-state index < -0.39 is 48.6 Å². The molecular formula is C24H25F3N2O5. The molecule has 2 aromatic rings. The summed E-state index contributed by atoms with van der Waals surface area (Å²) in [6.45, 7) is 1.72. The van der Waals surface area contributed by atoms with Gasteiger partial charge in [-0.15, -0.1) is 0 Å². The number of benzene rings is 2. The van der Waals surface area contributed by atoms with Gasteiger partial charge in [0.1, 0.15) is 12.6 Å². The van der Waals surface area contributed by atoms with Gasteiger partial charge < -0.3 is 20.5 Å². The number of hydrogen-bond acceptors (Lipinski definition) is 4. The van der Waals surface area contributed by atoms with E-state index in [4.69, 9.17) is 9.84 Å². The van der Waals surface area contributed by atoms with Crippen LogP contribution in [-0.2, 0) is 14.3 Å². The minimum absolute atomic E-state index is 0.100. The average Bonchev–Trinajstić information content (AvgIpc) is 3.08. The number of carbonyl (C=O) groups excluding carboxylic acids is 2. The second-order valence-electron chi connectivity index (χ2n) is 8.37. The zero-order valence-corrected chi connectivity index (χ0v) is 18.6. The Hall–Kier alpha value is -3.56. The maximum absolute atomic E-state index is 13.4. The molecule has 1 aliphatic carbocycles. The highest BCUT2D eigenvalue weighted by Gasteiger charge is 2.46. The number of nitrogens with one attached hydrogen (secondary N) is 2. The van der Waals surface area contributed by atoms with E-state index in [-0.39, 0.29) is 12.5 Å². The number of hydrogen-bond donors (Lipinski definition) is 3. The maximum Gasteiger partial charge on any atom is 0.407 e. The summed E-state index contributed by atoms with van der Waals surface area (Å²) in [5.74, 6) is -6.53. The Labute approximate surface area is 194 Å². The molecule has 3 rings (SSSR count). The molecule has 34 heavy (non-hydrogen) atoms. The Bertz CT molecular complexity index is 1030. The highest BCUT2D eigenvalue weighted by Crippen LogP contribution is 2.44. The maximum atomic E-state index is 13.4. The van der Waals surface area contributed by atoms with Crippen molar-refractivity contribution in [1.82, 2.24) is 10.6 Å². The Kier molecular flexibility index (Phi) is 7.48. The third kappa shape index (κ3) is 5.49. The first-order valence-electron chi connectivity index (χ1n) is 10.7. The Morgan fingerprint density at radius 3 is 2.00 bits per heavy atom. The van der Waals surface area contributed by atoms with Crippen LogP contribution in [0.15, 0.2) is 48.5 Å². The SMILES string of the molecule is CC(C)[C@@H](NC(=O)C(CNC(=O)OCC1c2ccccc2-c2ccccc21)C(F)(F)F)C(=O)O. The van der Waals surface area contributed by atoms with Gasteiger partial charge in [-0.25, -0.2) is 9.59 Å². The lowest BCUT2D eigenvalue weighted by atomic mass is 9.98. The molecule has 2 aromatic carbocycles. The highest BCUT2D eigenvalue weighted by atomic mass is 19.4. The number of alkyl halides is 3. The van der Waals surface area contributed by atoms with E-state index in [0.29, 0.717) is 0 Å². The van der Waals surface area contributed by atoms with Crippen molar-refractivity contribution in [2.75, 3.05) is 13.2 Å². The topological polar surface area (TPSA) is 105 Å². The van der Waals surface area contributed by atoms with E-state index in [1.807, 2.05) is 59.2 Å². The quantitative estimate of drug-likeness (QED) is 0.533. The van der Waals surface area contributed by atoms with Gasteiger partial charge in [0.15, 0.2) is 5.92 Å². The lowest BCUT2D eigenvalue weighted by Crippen LogP contribution is -2.52. The van der Waals surface area contributed by atoms with E-state index in [9.17, 15) is 27.6 Å². The summed E-state index contributed by atoms with van der Waals surface area (Å²) in [7, 11) is 0. The van der Waals surface area contributed by atoms with Crippen molar-refractivity contribution >= 4 is 18.0 Å². The van der Waals surface area contributed by atoms with Crippen LogP contribution in [0.3, 0.4) is 0 Å². The number of rotatable bonds is 8. The van der Waals surface area contributed by atoms with Crippen molar-refractivity contribution < 1.29 is 37.4 Å². The van der Waals surface area contributed by atoms with Gasteiger partial charge in [-0.3, -0.25) is 4.79 Å². The van der Waals surface area contributed by atoms with Gasteiger partial charge in [0.05, 0.1) is 0 Å². The highest BCUT2D eigenvalue weighted by molar-refractivity contribution is 5.86. The van der Waals surface area contributed by atoms with E-state index in [1.165, 1.54) is 13.8 Å². The first-order chi connectivity index (χ1) is 16.0. The third-order valence-corrected chi connectivity index (χ3v) is 5.74. The number of amides is 2. The van der Waals surface area contributed by atoms with Gasteiger partial charge in [-0.05, 0) is 28.2 Å². The summed E-state index contributed by atoms with van der Waals surface area (Å²) in [5, 5.41) is 13.0. The number of carbonyl (C=O) groups is 3. The molecule has 0 fully saturated rings. The molecule has 2 atom stereocenters. The first kappa shape index (κ1) is 25.1. The van der Waals surface area contributed by atoms with Crippen molar-refractivity contribution in [3.63, 3.8) is 0 Å². The fourth-order valence-corrected chi connectivity index (χ4v) is 3.96. The molecule has 0 heterocycles. The summed E-state index contributed by atoms with van der Waals surface area (Å²) in [4.78, 5) is 35.6. The number of ether oxygens (including phenoxy) is 1. The first-order valence-corrected chi connectivity index (χ1v) is 10.7. The number of carboxylic acid groups (broad SMARTS) is 1. The van der Waals surface area contributed by atoms with Gasteiger partial charge in [0, 0.05) is 12.5 Å². The third-order valence-electron chi connectivity index (χ3n) is 5.74. The second kappa shape index (κ2) is 10.1. The van der Waals surface area contributed by atoms with Crippen LogP contribution in [-0.4, -0.2) is 48.4 Å². The van der Waals surface area contributed by atoms with Crippen molar-refractivity contribution in [2.45, 2.75) is 32.0 Å². The summed E-state index contributed by atoms with van der Waals surface area (Å²) < 4.78 is 45.5. The van der Waals surface area contributed by atoms with E-state index in [1.54, 1.807) is 0 Å². The predicted octanol–water partition coefficient (Wildman–Crippen LogP) is 3.93. The fourth-order valence-electron chi connectivity index (χ4n) is 3.96. The molecular weight excluding hydrogens is 453 g/mol. The number of halogens is 3. The molecule has 3 N–H and O–H groups in total. The number of carboxylic acids is 1. The van der Waals surface area contributed by atoms with E-state index in [0.717, 1.165) is 22.3 Å². The lowest BCUT2D eigenvalue weighted by molar-refractivity contribution is -0.182. The molecule has 10 heteroatoms. The average molecular weight is 478 g/mol. The van der Waals surface area contributed by atoms with Crippen LogP contribution in [0.2, 0.25) is 0 Å². The summed E-state index contributed by atoms with van der Waals surface area (Å²) >= 11 is 0. The van der Waals surface area contributed by atoms with Crippen LogP contribution in [0.4, 0.5) is 18.0 Å². The molecule has 0 aromatic heterocycles. The molecule has 2 amide bonds. The Morgan fingerprint density at radius 1 is 1.00 bits per heavy atom. The normalized spacial score (nSPS) is 14.6. The van der Waals surface area contributed by atoms with Crippen LogP contribution < -0.4 is 10.6 Å². The van der Waals surface area contributed by atoms with Crippen molar-refractivity contribution in [2.24, 2.45) is 11.8 Å². The second-order valence-corrected chi connectivity index (χ2v) is 8.37. The minimum Gasteiger partial charge on any atom is -0.480 e. The monoisotopic (exact) mass is 478 g/mol. The minimum atomic E-state index is -5.00.